The Bertz CT molecular complexity index is 1390. The summed E-state index contributed by atoms with van der Waals surface area (Å²) in [4.78, 5) is 14.9. The largest absolute Gasteiger partial charge is 0.416 e. The number of hydrogen-bond donors (Lipinski definition) is 2. The molecule has 9 heteroatoms. The monoisotopic (exact) mass is 519 g/mol. The number of nitrogens with one attached hydrogen (secondary N) is 2. The number of aromatic nitrogens is 2. The number of amides is 1. The molecule has 4 aromatic rings. The lowest BCUT2D eigenvalue weighted by molar-refractivity contribution is -0.137. The Balaban J connectivity index is 1.46. The van der Waals surface area contributed by atoms with Crippen LogP contribution in [-0.2, 0) is 6.18 Å². The van der Waals surface area contributed by atoms with E-state index >= 15 is 0 Å². The third-order valence-corrected chi connectivity index (χ3v) is 6.58. The minimum absolute atomic E-state index is 0.258. The maximum atomic E-state index is 12.9. The summed E-state index contributed by atoms with van der Waals surface area (Å²) in [6.45, 7) is 6.12. The van der Waals surface area contributed by atoms with Crippen molar-refractivity contribution in [2.45, 2.75) is 13.1 Å². The first-order chi connectivity index (χ1) is 18.3. The number of piperazine rings is 1. The first-order valence-electron chi connectivity index (χ1n) is 12.6. The number of anilines is 1. The number of rotatable bonds is 6. The molecule has 0 radical (unpaired) electrons. The van der Waals surface area contributed by atoms with Crippen molar-refractivity contribution in [1.29, 1.82) is 0 Å². The fourth-order valence-electron chi connectivity index (χ4n) is 4.56. The molecule has 1 aromatic heterocycles. The normalized spacial score (nSPS) is 13.9. The van der Waals surface area contributed by atoms with Crippen molar-refractivity contribution in [3.8, 4) is 28.1 Å². The Labute approximate surface area is 219 Å². The summed E-state index contributed by atoms with van der Waals surface area (Å²) >= 11 is 0. The number of carbonyl (C=O) groups is 1. The fourth-order valence-corrected chi connectivity index (χ4v) is 4.56. The second-order valence-electron chi connectivity index (χ2n) is 9.09. The Morgan fingerprint density at radius 3 is 2.00 bits per heavy atom. The molecule has 0 saturated carbocycles. The summed E-state index contributed by atoms with van der Waals surface area (Å²) in [5.41, 5.74) is 4.62. The minimum Gasteiger partial charge on any atom is -0.369 e. The Hall–Kier alpha value is -4.11. The highest BCUT2D eigenvalue weighted by Gasteiger charge is 2.30. The van der Waals surface area contributed by atoms with E-state index in [0.717, 1.165) is 66.5 Å². The van der Waals surface area contributed by atoms with Gasteiger partial charge in [-0.2, -0.15) is 18.3 Å². The maximum Gasteiger partial charge on any atom is 0.416 e. The molecule has 6 nitrogen and oxygen atoms in total. The minimum atomic E-state index is -4.37. The van der Waals surface area contributed by atoms with Gasteiger partial charge in [-0.15, -0.1) is 0 Å². The van der Waals surface area contributed by atoms with E-state index in [1.165, 1.54) is 12.1 Å². The zero-order valence-corrected chi connectivity index (χ0v) is 20.9. The SMILES string of the molecule is CCNC(=O)c1cc(-c2ccc(-c3ccc(C(F)(F)F)cc3)cc2)n(-c2ccc(N3CCNCC3)cc2)n1. The van der Waals surface area contributed by atoms with E-state index in [1.807, 2.05) is 43.3 Å². The summed E-state index contributed by atoms with van der Waals surface area (Å²) in [7, 11) is 0. The van der Waals surface area contributed by atoms with E-state index < -0.39 is 11.7 Å². The number of nitrogens with zero attached hydrogens (tertiary/aromatic N) is 3. The van der Waals surface area contributed by atoms with Crippen LogP contribution < -0.4 is 15.5 Å². The third kappa shape index (κ3) is 5.43. The van der Waals surface area contributed by atoms with Gasteiger partial charge in [-0.25, -0.2) is 4.68 Å². The zero-order valence-electron chi connectivity index (χ0n) is 20.9. The van der Waals surface area contributed by atoms with Crippen molar-refractivity contribution in [1.82, 2.24) is 20.4 Å². The molecular formula is C29H28F3N5O. The number of carbonyl (C=O) groups excluding carboxylic acids is 1. The molecule has 0 atom stereocenters. The van der Waals surface area contributed by atoms with E-state index in [9.17, 15) is 18.0 Å². The standard InChI is InChI=1S/C29H28F3N5O/c1-2-34-28(38)26-19-27(37(35-26)25-13-11-24(12-14-25)36-17-15-33-16-18-36)22-5-3-20(4-6-22)21-7-9-23(10-8-21)29(30,31)32/h3-14,19,33H,2,15-18H2,1H3,(H,34,38). The van der Waals surface area contributed by atoms with Crippen LogP contribution in [0.4, 0.5) is 18.9 Å². The van der Waals surface area contributed by atoms with Crippen molar-refractivity contribution in [3.63, 3.8) is 0 Å². The highest BCUT2D eigenvalue weighted by molar-refractivity contribution is 5.93. The van der Waals surface area contributed by atoms with Crippen LogP contribution >= 0.6 is 0 Å². The van der Waals surface area contributed by atoms with Gasteiger partial charge in [0.25, 0.3) is 5.91 Å². The van der Waals surface area contributed by atoms with E-state index in [0.29, 0.717) is 17.8 Å². The van der Waals surface area contributed by atoms with Gasteiger partial charge < -0.3 is 15.5 Å². The Kier molecular flexibility index (Phi) is 7.20. The quantitative estimate of drug-likeness (QED) is 0.359. The molecule has 1 fully saturated rings. The van der Waals surface area contributed by atoms with Gasteiger partial charge in [0.05, 0.1) is 16.9 Å². The molecule has 1 aliphatic heterocycles. The molecular weight excluding hydrogens is 491 g/mol. The van der Waals surface area contributed by atoms with Gasteiger partial charge in [-0.1, -0.05) is 36.4 Å². The van der Waals surface area contributed by atoms with Crippen molar-refractivity contribution in [2.75, 3.05) is 37.6 Å². The molecule has 0 aliphatic carbocycles. The molecule has 3 aromatic carbocycles. The van der Waals surface area contributed by atoms with Gasteiger partial charge in [-0.05, 0) is 60.5 Å². The van der Waals surface area contributed by atoms with Crippen LogP contribution in [0, 0.1) is 0 Å². The summed E-state index contributed by atoms with van der Waals surface area (Å²) in [5.74, 6) is -0.258. The highest BCUT2D eigenvalue weighted by Crippen LogP contribution is 2.32. The second kappa shape index (κ2) is 10.7. The summed E-state index contributed by atoms with van der Waals surface area (Å²) in [6.07, 6.45) is -4.37. The molecule has 5 rings (SSSR count). The number of benzene rings is 3. The first kappa shape index (κ1) is 25.5. The van der Waals surface area contributed by atoms with Crippen LogP contribution in [0.2, 0.25) is 0 Å². The molecule has 1 amide bonds. The predicted octanol–water partition coefficient (Wildman–Crippen LogP) is 5.38. The summed E-state index contributed by atoms with van der Waals surface area (Å²) in [5, 5.41) is 10.8. The van der Waals surface area contributed by atoms with Gasteiger partial charge >= 0.3 is 6.18 Å². The average Bonchev–Trinajstić information content (AvgIpc) is 3.39. The summed E-state index contributed by atoms with van der Waals surface area (Å²) < 4.78 is 40.5. The molecule has 2 N–H and O–H groups in total. The molecule has 0 spiro atoms. The number of halogens is 3. The van der Waals surface area contributed by atoms with Crippen molar-refractivity contribution in [3.05, 3.63) is 90.1 Å². The molecule has 196 valence electrons. The molecule has 1 aliphatic rings. The van der Waals surface area contributed by atoms with Crippen LogP contribution in [0.3, 0.4) is 0 Å². The molecule has 2 heterocycles. The maximum absolute atomic E-state index is 12.9. The lowest BCUT2D eigenvalue weighted by atomic mass is 10.0. The van der Waals surface area contributed by atoms with Crippen LogP contribution in [0.5, 0.6) is 0 Å². The van der Waals surface area contributed by atoms with Gasteiger partial charge in [0, 0.05) is 44.0 Å². The van der Waals surface area contributed by atoms with E-state index in [-0.39, 0.29) is 5.91 Å². The van der Waals surface area contributed by atoms with E-state index in [2.05, 4.69) is 32.8 Å². The highest BCUT2D eigenvalue weighted by atomic mass is 19.4. The Morgan fingerprint density at radius 1 is 0.868 bits per heavy atom. The smallest absolute Gasteiger partial charge is 0.369 e. The second-order valence-corrected chi connectivity index (χ2v) is 9.09. The predicted molar refractivity (Wildman–Crippen MR) is 143 cm³/mol. The van der Waals surface area contributed by atoms with Crippen molar-refractivity contribution < 1.29 is 18.0 Å². The first-order valence-corrected chi connectivity index (χ1v) is 12.6. The molecule has 0 unspecified atom stereocenters. The topological polar surface area (TPSA) is 62.2 Å². The van der Waals surface area contributed by atoms with Gasteiger partial charge in [0.1, 0.15) is 0 Å². The molecule has 1 saturated heterocycles. The average molecular weight is 520 g/mol. The third-order valence-electron chi connectivity index (χ3n) is 6.58. The molecule has 38 heavy (non-hydrogen) atoms. The number of alkyl halides is 3. The van der Waals surface area contributed by atoms with Crippen LogP contribution in [0.1, 0.15) is 23.0 Å². The number of hydrogen-bond acceptors (Lipinski definition) is 4. The summed E-state index contributed by atoms with van der Waals surface area (Å²) in [6, 6.07) is 22.4. The lowest BCUT2D eigenvalue weighted by Crippen LogP contribution is -2.43. The van der Waals surface area contributed by atoms with Gasteiger partial charge in [-0.3, -0.25) is 4.79 Å². The van der Waals surface area contributed by atoms with Crippen LogP contribution in [0.15, 0.2) is 78.9 Å². The van der Waals surface area contributed by atoms with Crippen molar-refractivity contribution >= 4 is 11.6 Å². The molecule has 0 bridgehead atoms. The fraction of sp³-hybridized carbons (Fsp3) is 0.241. The van der Waals surface area contributed by atoms with Gasteiger partial charge in [0.2, 0.25) is 0 Å². The van der Waals surface area contributed by atoms with E-state index in [4.69, 9.17) is 0 Å². The van der Waals surface area contributed by atoms with Crippen LogP contribution in [0.25, 0.3) is 28.1 Å². The lowest BCUT2D eigenvalue weighted by Gasteiger charge is -2.29. The zero-order chi connectivity index (χ0) is 26.7. The van der Waals surface area contributed by atoms with Crippen molar-refractivity contribution in [2.24, 2.45) is 0 Å². The van der Waals surface area contributed by atoms with Gasteiger partial charge in [0.15, 0.2) is 5.69 Å². The van der Waals surface area contributed by atoms with E-state index in [1.54, 1.807) is 10.7 Å². The van der Waals surface area contributed by atoms with Crippen LogP contribution in [-0.4, -0.2) is 48.4 Å². The Morgan fingerprint density at radius 2 is 1.42 bits per heavy atom.